The monoisotopic (exact) mass is 688 g/mol. The number of hydrogen-bond donors (Lipinski definition) is 0. The molecule has 54 heavy (non-hydrogen) atoms. The first-order valence-electron chi connectivity index (χ1n) is 17.9. The molecule has 1 heterocycles. The molecule has 0 saturated carbocycles. The van der Waals surface area contributed by atoms with E-state index < -0.39 is 0 Å². The van der Waals surface area contributed by atoms with Crippen LogP contribution in [0.3, 0.4) is 0 Å². The second-order valence-corrected chi connectivity index (χ2v) is 13.2. The molecule has 0 bridgehead atoms. The zero-order valence-corrected chi connectivity index (χ0v) is 29.3. The Morgan fingerprint density at radius 3 is 1.63 bits per heavy atom. The molecule has 1 aromatic heterocycles. The second kappa shape index (κ2) is 14.3. The molecule has 8 aromatic carbocycles. The largest absolute Gasteiger partial charge is 0.208 e. The minimum atomic E-state index is 0.565. The highest BCUT2D eigenvalue weighted by atomic mass is 15.0. The summed E-state index contributed by atoms with van der Waals surface area (Å²) in [6.07, 6.45) is 0. The predicted octanol–water partition coefficient (Wildman–Crippen LogP) is 12.6. The van der Waals surface area contributed by atoms with Crippen LogP contribution in [0.5, 0.6) is 0 Å². The Morgan fingerprint density at radius 1 is 0.315 bits per heavy atom. The van der Waals surface area contributed by atoms with Crippen molar-refractivity contribution in [2.75, 3.05) is 0 Å². The lowest BCUT2D eigenvalue weighted by Gasteiger charge is -2.15. The van der Waals surface area contributed by atoms with Crippen LogP contribution in [0.25, 0.3) is 89.4 Å². The molecule has 0 radical (unpaired) electrons. The van der Waals surface area contributed by atoms with Crippen LogP contribution in [0.4, 0.5) is 0 Å². The van der Waals surface area contributed by atoms with Crippen molar-refractivity contribution in [2.45, 2.75) is 0 Å². The predicted molar refractivity (Wildman–Crippen MR) is 220 cm³/mol. The maximum Gasteiger partial charge on any atom is 0.164 e. The van der Waals surface area contributed by atoms with Gasteiger partial charge in [-0.15, -0.1) is 0 Å². The van der Waals surface area contributed by atoms with Crippen molar-refractivity contribution in [2.24, 2.45) is 0 Å². The lowest BCUT2D eigenvalue weighted by Crippen LogP contribution is -2.01. The van der Waals surface area contributed by atoms with Gasteiger partial charge >= 0.3 is 0 Å². The number of nitrogens with zero attached hydrogens (tertiary/aromatic N) is 4. The van der Waals surface area contributed by atoms with Crippen molar-refractivity contribution in [3.05, 3.63) is 200 Å². The Labute approximate surface area is 314 Å². The lowest BCUT2D eigenvalue weighted by molar-refractivity contribution is 1.07. The van der Waals surface area contributed by atoms with E-state index in [0.717, 1.165) is 61.2 Å². The number of hydrogen-bond acceptors (Lipinski definition) is 4. The zero-order valence-electron chi connectivity index (χ0n) is 29.3. The number of aromatic nitrogens is 3. The molecule has 252 valence electrons. The average molecular weight is 689 g/mol. The first-order valence-corrected chi connectivity index (χ1v) is 17.9. The highest BCUT2D eigenvalue weighted by molar-refractivity contribution is 5.98. The van der Waals surface area contributed by atoms with E-state index in [1.165, 1.54) is 10.8 Å². The van der Waals surface area contributed by atoms with Crippen molar-refractivity contribution >= 4 is 10.8 Å². The molecule has 0 atom stereocenters. The van der Waals surface area contributed by atoms with Crippen molar-refractivity contribution in [1.82, 2.24) is 15.0 Å². The highest BCUT2D eigenvalue weighted by Crippen LogP contribution is 2.38. The van der Waals surface area contributed by atoms with Gasteiger partial charge in [-0.25, -0.2) is 15.0 Å². The minimum absolute atomic E-state index is 0.565. The standard InChI is InChI=1S/C50H32N4/c51-33-34-12-9-19-40(30-34)41-20-10-21-43(31-41)49-52-48(39-26-24-36(25-27-39)35-13-3-1-4-14-35)53-50(54-49)47-32-42(28-29-46(47)37-15-5-2-6-16-37)45-23-11-18-38-17-7-8-22-44(38)45/h1-32H. The van der Waals surface area contributed by atoms with E-state index in [-0.39, 0.29) is 0 Å². The highest BCUT2D eigenvalue weighted by Gasteiger charge is 2.18. The van der Waals surface area contributed by atoms with Crippen molar-refractivity contribution in [3.63, 3.8) is 0 Å². The summed E-state index contributed by atoms with van der Waals surface area (Å²) in [4.78, 5) is 15.6. The topological polar surface area (TPSA) is 62.5 Å². The van der Waals surface area contributed by atoms with Gasteiger partial charge < -0.3 is 0 Å². The van der Waals surface area contributed by atoms with Crippen LogP contribution in [0, 0.1) is 11.3 Å². The van der Waals surface area contributed by atoms with E-state index >= 15 is 0 Å². The molecule has 9 rings (SSSR count). The Hall–Kier alpha value is -7.48. The quantitative estimate of drug-likeness (QED) is 0.167. The third kappa shape index (κ3) is 6.43. The van der Waals surface area contributed by atoms with Gasteiger partial charge in [-0.05, 0) is 79.5 Å². The lowest BCUT2D eigenvalue weighted by atomic mass is 9.92. The van der Waals surface area contributed by atoms with Gasteiger partial charge in [0.2, 0.25) is 0 Å². The molecule has 4 heteroatoms. The normalized spacial score (nSPS) is 10.9. The zero-order chi connectivity index (χ0) is 36.3. The summed E-state index contributed by atoms with van der Waals surface area (Å²) in [6.45, 7) is 0. The number of nitriles is 1. The van der Waals surface area contributed by atoms with Crippen LogP contribution >= 0.6 is 0 Å². The summed E-state index contributed by atoms with van der Waals surface area (Å²) < 4.78 is 0. The number of rotatable bonds is 7. The van der Waals surface area contributed by atoms with E-state index in [0.29, 0.717) is 23.0 Å². The summed E-state index contributed by atoms with van der Waals surface area (Å²) in [5, 5.41) is 11.9. The molecule has 0 unspecified atom stereocenters. The van der Waals surface area contributed by atoms with Gasteiger partial charge in [-0.1, -0.05) is 170 Å². The van der Waals surface area contributed by atoms with Crippen molar-refractivity contribution in [1.29, 1.82) is 5.26 Å². The summed E-state index contributed by atoms with van der Waals surface area (Å²) >= 11 is 0. The Bertz CT molecular complexity index is 2820. The maximum absolute atomic E-state index is 9.57. The SMILES string of the molecule is N#Cc1cccc(-c2cccc(-c3nc(-c4ccc(-c5ccccc5)cc4)nc(-c4cc(-c5cccc6ccccc56)ccc4-c4ccccc4)n3)c2)c1. The molecular weight excluding hydrogens is 657 g/mol. The molecule has 0 amide bonds. The molecule has 0 N–H and O–H groups in total. The Morgan fingerprint density at radius 2 is 0.852 bits per heavy atom. The third-order valence-corrected chi connectivity index (χ3v) is 9.78. The number of benzene rings is 8. The molecule has 0 saturated heterocycles. The van der Waals surface area contributed by atoms with Gasteiger partial charge in [0.15, 0.2) is 17.5 Å². The smallest absolute Gasteiger partial charge is 0.164 e. The third-order valence-electron chi connectivity index (χ3n) is 9.78. The fourth-order valence-corrected chi connectivity index (χ4v) is 7.05. The average Bonchev–Trinajstić information content (AvgIpc) is 3.26. The fraction of sp³-hybridized carbons (Fsp3) is 0. The van der Waals surface area contributed by atoms with E-state index in [9.17, 15) is 5.26 Å². The summed E-state index contributed by atoms with van der Waals surface area (Å²) in [5.41, 5.74) is 11.8. The first-order chi connectivity index (χ1) is 26.7. The van der Waals surface area contributed by atoms with Crippen LogP contribution in [-0.2, 0) is 0 Å². The molecule has 0 spiro atoms. The molecule has 0 aliphatic carbocycles. The van der Waals surface area contributed by atoms with Crippen LogP contribution in [0.2, 0.25) is 0 Å². The summed E-state index contributed by atoms with van der Waals surface area (Å²) in [7, 11) is 0. The maximum atomic E-state index is 9.57. The fourth-order valence-electron chi connectivity index (χ4n) is 7.05. The van der Waals surface area contributed by atoms with Gasteiger partial charge in [0.05, 0.1) is 11.6 Å². The summed E-state index contributed by atoms with van der Waals surface area (Å²) in [6, 6.07) is 68.8. The van der Waals surface area contributed by atoms with Gasteiger partial charge in [-0.3, -0.25) is 0 Å². The van der Waals surface area contributed by atoms with Crippen LogP contribution in [0.15, 0.2) is 194 Å². The van der Waals surface area contributed by atoms with Gasteiger partial charge in [0, 0.05) is 16.7 Å². The van der Waals surface area contributed by atoms with E-state index in [4.69, 9.17) is 15.0 Å². The second-order valence-electron chi connectivity index (χ2n) is 13.2. The van der Waals surface area contributed by atoms with Crippen LogP contribution in [-0.4, -0.2) is 15.0 Å². The van der Waals surface area contributed by atoms with Crippen molar-refractivity contribution in [3.8, 4) is 84.7 Å². The van der Waals surface area contributed by atoms with E-state index in [1.807, 2.05) is 54.6 Å². The molecule has 0 aliphatic heterocycles. The van der Waals surface area contributed by atoms with Gasteiger partial charge in [-0.2, -0.15) is 5.26 Å². The number of fused-ring (bicyclic) bond motifs is 1. The molecule has 0 aliphatic rings. The summed E-state index contributed by atoms with van der Waals surface area (Å²) in [5.74, 6) is 1.73. The van der Waals surface area contributed by atoms with Gasteiger partial charge in [0.25, 0.3) is 0 Å². The first kappa shape index (κ1) is 32.4. The molecule has 4 nitrogen and oxygen atoms in total. The molecular formula is C50H32N4. The molecule has 9 aromatic rings. The Kier molecular flexibility index (Phi) is 8.57. The minimum Gasteiger partial charge on any atom is -0.208 e. The van der Waals surface area contributed by atoms with Crippen LogP contribution in [0.1, 0.15) is 5.56 Å². The van der Waals surface area contributed by atoms with E-state index in [1.54, 1.807) is 0 Å². The van der Waals surface area contributed by atoms with Gasteiger partial charge in [0.1, 0.15) is 0 Å². The van der Waals surface area contributed by atoms with E-state index in [2.05, 4.69) is 146 Å². The Balaban J connectivity index is 1.25. The molecule has 0 fully saturated rings. The van der Waals surface area contributed by atoms with Crippen molar-refractivity contribution < 1.29 is 0 Å². The van der Waals surface area contributed by atoms with Crippen LogP contribution < -0.4 is 0 Å².